The van der Waals surface area contributed by atoms with Crippen LogP contribution in [0.15, 0.2) is 34.2 Å². The van der Waals surface area contributed by atoms with Crippen LogP contribution in [0.4, 0.5) is 30.6 Å². The smallest absolute Gasteiger partial charge is 0.396 e. The van der Waals surface area contributed by atoms with E-state index in [4.69, 9.17) is 0 Å². The Hall–Kier alpha value is -2.54. The van der Waals surface area contributed by atoms with Crippen LogP contribution in [-0.4, -0.2) is 67.6 Å². The topological polar surface area (TPSA) is 123 Å². The summed E-state index contributed by atoms with van der Waals surface area (Å²) in [6.45, 7) is 2.05. The molecule has 12 heteroatoms. The van der Waals surface area contributed by atoms with Crippen molar-refractivity contribution >= 4 is 38.9 Å². The maximum atomic E-state index is 14.4. The highest BCUT2D eigenvalue weighted by Gasteiger charge is 2.44. The van der Waals surface area contributed by atoms with E-state index in [-0.39, 0.29) is 35.4 Å². The number of aliphatic imine (C=N–C) groups is 1. The molecular weight excluding hydrogens is 495 g/mol. The number of unbranched alkanes of at least 4 members (excludes halogenated alkanes) is 2. The van der Waals surface area contributed by atoms with Crippen LogP contribution in [0.25, 0.3) is 0 Å². The van der Waals surface area contributed by atoms with E-state index in [1.54, 1.807) is 24.3 Å². The third kappa shape index (κ3) is 5.26. The van der Waals surface area contributed by atoms with Gasteiger partial charge in [-0.25, -0.2) is 9.98 Å². The summed E-state index contributed by atoms with van der Waals surface area (Å²) in [7, 11) is -1.03. The summed E-state index contributed by atoms with van der Waals surface area (Å²) in [6, 6.07) is 6.17. The van der Waals surface area contributed by atoms with Crippen molar-refractivity contribution in [3.63, 3.8) is 0 Å². The number of aromatic nitrogens is 2. The number of fused-ring (bicyclic) bond motifs is 1. The van der Waals surface area contributed by atoms with Gasteiger partial charge in [-0.2, -0.15) is 18.2 Å². The zero-order chi connectivity index (χ0) is 26.0. The second kappa shape index (κ2) is 10.8. The van der Waals surface area contributed by atoms with Gasteiger partial charge in [0.25, 0.3) is 0 Å². The third-order valence-electron chi connectivity index (χ3n) is 6.40. The van der Waals surface area contributed by atoms with Crippen LogP contribution >= 0.6 is 10.5 Å². The Balaban J connectivity index is 1.81. The zero-order valence-corrected chi connectivity index (χ0v) is 20.6. The van der Waals surface area contributed by atoms with Crippen molar-refractivity contribution in [2.45, 2.75) is 61.9 Å². The lowest BCUT2D eigenvalue weighted by Gasteiger charge is -2.23. The summed E-state index contributed by atoms with van der Waals surface area (Å²) < 4.78 is 43.2. The molecule has 1 aliphatic heterocycles. The zero-order valence-electron chi connectivity index (χ0n) is 19.8. The molecule has 2 heterocycles. The van der Waals surface area contributed by atoms with E-state index in [0.29, 0.717) is 17.1 Å². The van der Waals surface area contributed by atoms with Gasteiger partial charge >= 0.3 is 6.18 Å². The summed E-state index contributed by atoms with van der Waals surface area (Å²) in [6.07, 6.45) is -4.62. The van der Waals surface area contributed by atoms with Crippen LogP contribution in [0.1, 0.15) is 43.9 Å². The van der Waals surface area contributed by atoms with Gasteiger partial charge < -0.3 is 26.0 Å². The lowest BCUT2D eigenvalue weighted by atomic mass is 10.1. The average molecular weight is 526 g/mol. The van der Waals surface area contributed by atoms with Gasteiger partial charge in [0.05, 0.1) is 23.4 Å². The Morgan fingerprint density at radius 1 is 1.14 bits per heavy atom. The molecule has 4 rings (SSSR count). The molecule has 36 heavy (non-hydrogen) atoms. The molecule has 1 fully saturated rings. The van der Waals surface area contributed by atoms with Crippen LogP contribution in [0.5, 0.6) is 0 Å². The number of hydrogen-bond donors (Lipinski definition) is 5. The first kappa shape index (κ1) is 26.5. The standard InChI is InChI=1S/C24H30F3N5O3S/c1-3-4-7-10-28-23-31-20(24(25,26)27)17(22-30-14-8-5-6-9-16(14)36(22)2)21(32-23)29-15-11-13(12-33)18(34)19(15)35/h5-6,8-9,13,15,18-19,33-35H,2-4,7,10-12H2,1H3,(H2,28,29,31,32)/t13-,15?,18-,19+,36?/m1/s1. The molecular formula is C24H30F3N5O3S. The minimum Gasteiger partial charge on any atom is -0.396 e. The van der Waals surface area contributed by atoms with Gasteiger partial charge in [0.15, 0.2) is 5.69 Å². The number of aliphatic hydroxyl groups is 3. The molecule has 1 aromatic heterocycles. The number of alkyl halides is 3. The van der Waals surface area contributed by atoms with E-state index in [2.05, 4.69) is 31.5 Å². The number of para-hydroxylation sites is 1. The number of anilines is 2. The predicted molar refractivity (Wildman–Crippen MR) is 135 cm³/mol. The van der Waals surface area contributed by atoms with Crippen LogP contribution < -0.4 is 10.6 Å². The monoisotopic (exact) mass is 525 g/mol. The number of nitrogens with one attached hydrogen (secondary N) is 2. The van der Waals surface area contributed by atoms with E-state index in [1.807, 2.05) is 6.92 Å². The molecule has 8 nitrogen and oxygen atoms in total. The van der Waals surface area contributed by atoms with E-state index >= 15 is 0 Å². The first-order chi connectivity index (χ1) is 17.2. The minimum atomic E-state index is -4.82. The maximum absolute atomic E-state index is 14.4. The number of halogens is 3. The Morgan fingerprint density at radius 3 is 2.53 bits per heavy atom. The molecule has 1 aromatic carbocycles. The van der Waals surface area contributed by atoms with Gasteiger partial charge in [0, 0.05) is 24.0 Å². The molecule has 2 aromatic rings. The van der Waals surface area contributed by atoms with Crippen LogP contribution in [0.2, 0.25) is 0 Å². The summed E-state index contributed by atoms with van der Waals surface area (Å²) >= 11 is 0. The highest BCUT2D eigenvalue weighted by molar-refractivity contribution is 8.28. The van der Waals surface area contributed by atoms with E-state index < -0.39 is 46.5 Å². The van der Waals surface area contributed by atoms with Gasteiger partial charge in [-0.15, -0.1) is 10.5 Å². The lowest BCUT2D eigenvalue weighted by Crippen LogP contribution is -2.36. The number of hydrogen-bond acceptors (Lipinski definition) is 8. The molecule has 0 saturated heterocycles. The molecule has 2 unspecified atom stereocenters. The van der Waals surface area contributed by atoms with Crippen LogP contribution in [-0.2, 0) is 6.18 Å². The van der Waals surface area contributed by atoms with Crippen LogP contribution in [0, 0.1) is 5.92 Å². The molecule has 5 atom stereocenters. The number of rotatable bonds is 9. The second-order valence-corrected chi connectivity index (χ2v) is 10.5. The molecule has 2 aliphatic rings. The molecule has 0 spiro atoms. The average Bonchev–Trinajstić information content (AvgIpc) is 3.32. The van der Waals surface area contributed by atoms with Crippen molar-refractivity contribution in [2.75, 3.05) is 23.8 Å². The van der Waals surface area contributed by atoms with Crippen LogP contribution in [0.3, 0.4) is 0 Å². The highest BCUT2D eigenvalue weighted by Crippen LogP contribution is 2.47. The fraction of sp³-hybridized carbons (Fsp3) is 0.500. The molecule has 5 N–H and O–H groups in total. The van der Waals surface area contributed by atoms with E-state index in [0.717, 1.165) is 19.3 Å². The largest absolute Gasteiger partial charge is 0.434 e. The number of nitrogens with zero attached hydrogens (tertiary/aromatic N) is 3. The van der Waals surface area contributed by atoms with Gasteiger partial charge in [-0.05, 0) is 25.0 Å². The third-order valence-corrected chi connectivity index (χ3v) is 8.04. The van der Waals surface area contributed by atoms with Gasteiger partial charge in [-0.3, -0.25) is 0 Å². The fourth-order valence-electron chi connectivity index (χ4n) is 4.46. The van der Waals surface area contributed by atoms with Crippen molar-refractivity contribution in [1.82, 2.24) is 9.97 Å². The molecule has 1 aliphatic carbocycles. The molecule has 1 saturated carbocycles. The summed E-state index contributed by atoms with van der Waals surface area (Å²) in [4.78, 5) is 13.4. The fourth-order valence-corrected chi connectivity index (χ4v) is 5.92. The van der Waals surface area contributed by atoms with Crippen molar-refractivity contribution < 1.29 is 28.5 Å². The predicted octanol–water partition coefficient (Wildman–Crippen LogP) is 3.76. The van der Waals surface area contributed by atoms with Crippen molar-refractivity contribution in [3.8, 4) is 0 Å². The number of aliphatic hydroxyl groups excluding tert-OH is 3. The molecule has 0 amide bonds. The molecule has 196 valence electrons. The Morgan fingerprint density at radius 2 is 1.89 bits per heavy atom. The quantitative estimate of drug-likeness (QED) is 0.250. The Kier molecular flexibility index (Phi) is 7.98. The van der Waals surface area contributed by atoms with Crippen molar-refractivity contribution in [1.29, 1.82) is 0 Å². The van der Waals surface area contributed by atoms with E-state index in [1.165, 1.54) is 0 Å². The van der Waals surface area contributed by atoms with Gasteiger partial charge in [-0.1, -0.05) is 37.8 Å². The Labute approximate surface area is 209 Å². The first-order valence-electron chi connectivity index (χ1n) is 11.8. The van der Waals surface area contributed by atoms with Crippen molar-refractivity contribution in [3.05, 3.63) is 35.5 Å². The maximum Gasteiger partial charge on any atom is 0.434 e. The van der Waals surface area contributed by atoms with E-state index in [9.17, 15) is 28.5 Å². The second-order valence-electron chi connectivity index (χ2n) is 8.94. The first-order valence-corrected chi connectivity index (χ1v) is 13.2. The normalized spacial score (nSPS) is 25.5. The number of benzene rings is 1. The summed E-state index contributed by atoms with van der Waals surface area (Å²) in [5.41, 5.74) is -0.953. The lowest BCUT2D eigenvalue weighted by molar-refractivity contribution is -0.141. The molecule has 0 radical (unpaired) electrons. The molecule has 0 bridgehead atoms. The SMILES string of the molecule is C=S1C(c2c(NC3C[C@H](CO)[C@@H](O)[C@H]3O)nc(NCCCCC)nc2C(F)(F)F)=Nc2ccccc21. The van der Waals surface area contributed by atoms with Crippen molar-refractivity contribution in [2.24, 2.45) is 10.9 Å². The Bertz CT molecular complexity index is 1160. The van der Waals surface area contributed by atoms with Gasteiger partial charge in [0.1, 0.15) is 17.0 Å². The van der Waals surface area contributed by atoms with Gasteiger partial charge in [0.2, 0.25) is 5.95 Å². The summed E-state index contributed by atoms with van der Waals surface area (Å²) in [5, 5.41) is 36.2. The summed E-state index contributed by atoms with van der Waals surface area (Å²) in [5.74, 6) is 3.11. The highest BCUT2D eigenvalue weighted by atomic mass is 32.2. The minimum absolute atomic E-state index is 0.0929.